The summed E-state index contributed by atoms with van der Waals surface area (Å²) in [6.07, 6.45) is 3.48. The predicted octanol–water partition coefficient (Wildman–Crippen LogP) is 6.54. The van der Waals surface area contributed by atoms with Crippen LogP contribution in [0.25, 0.3) is 5.57 Å². The van der Waals surface area contributed by atoms with Gasteiger partial charge in [-0.25, -0.2) is 8.78 Å². The molecule has 0 unspecified atom stereocenters. The van der Waals surface area contributed by atoms with Crippen molar-refractivity contribution < 1.29 is 46.9 Å². The zero-order chi connectivity index (χ0) is 39.4. The second kappa shape index (κ2) is 16.8. The Morgan fingerprint density at radius 1 is 0.927 bits per heavy atom. The lowest BCUT2D eigenvalue weighted by Crippen LogP contribution is -2.62. The van der Waals surface area contributed by atoms with E-state index in [2.05, 4.69) is 5.32 Å². The molecule has 13 heteroatoms. The van der Waals surface area contributed by atoms with E-state index in [1.807, 2.05) is 41.3 Å². The molecule has 3 aliphatic rings. The maximum Gasteiger partial charge on any atom is 0.309 e. The molecule has 2 N–H and O–H groups in total. The minimum Gasteiger partial charge on any atom is -0.497 e. The molecule has 55 heavy (non-hydrogen) atoms. The fourth-order valence-electron chi connectivity index (χ4n) is 7.28. The van der Waals surface area contributed by atoms with Crippen LogP contribution in [-0.4, -0.2) is 84.7 Å². The number of hydrogen-bond acceptors (Lipinski definition) is 7. The molecule has 2 aliphatic heterocycles. The molecule has 10 nitrogen and oxygen atoms in total. The van der Waals surface area contributed by atoms with E-state index in [9.17, 15) is 32.7 Å². The summed E-state index contributed by atoms with van der Waals surface area (Å²) in [7, 11) is 3.16. The Balaban J connectivity index is 1.25. The third-order valence-electron chi connectivity index (χ3n) is 10.7. The smallest absolute Gasteiger partial charge is 0.309 e. The van der Waals surface area contributed by atoms with E-state index in [4.69, 9.17) is 14.2 Å². The van der Waals surface area contributed by atoms with Crippen LogP contribution in [0.5, 0.6) is 17.2 Å². The molecular formula is C42H48F3N3O7. The number of benzene rings is 3. The van der Waals surface area contributed by atoms with E-state index < -0.39 is 40.6 Å². The number of nitrogens with one attached hydrogen (secondary N) is 1. The summed E-state index contributed by atoms with van der Waals surface area (Å²) >= 11 is 0. The summed E-state index contributed by atoms with van der Waals surface area (Å²) in [5, 5.41) is 13.2. The van der Waals surface area contributed by atoms with E-state index in [0.717, 1.165) is 41.2 Å². The highest BCUT2D eigenvalue weighted by molar-refractivity contribution is 6.03. The van der Waals surface area contributed by atoms with Gasteiger partial charge in [0, 0.05) is 49.8 Å². The molecule has 2 fully saturated rings. The number of rotatable bonds is 16. The second-order valence-corrected chi connectivity index (χ2v) is 15.2. The number of aliphatic carboxylic acids is 1. The molecule has 3 aromatic carbocycles. The van der Waals surface area contributed by atoms with Crippen molar-refractivity contribution in [1.82, 2.24) is 15.1 Å². The van der Waals surface area contributed by atoms with Crippen LogP contribution in [0.3, 0.4) is 0 Å². The number of ether oxygens (including phenoxy) is 3. The molecule has 2 atom stereocenters. The molecule has 1 saturated carbocycles. The van der Waals surface area contributed by atoms with Crippen LogP contribution in [0.4, 0.5) is 13.2 Å². The third-order valence-corrected chi connectivity index (χ3v) is 10.7. The van der Waals surface area contributed by atoms with Gasteiger partial charge in [0.2, 0.25) is 11.7 Å². The molecular weight excluding hydrogens is 715 g/mol. The van der Waals surface area contributed by atoms with E-state index in [1.54, 1.807) is 39.0 Å². The number of methoxy groups -OCH3 is 2. The number of carbonyl (C=O) groups excluding carboxylic acids is 2. The molecule has 6 rings (SSSR count). The Morgan fingerprint density at radius 3 is 2.24 bits per heavy atom. The number of nitrogens with zero attached hydrogens (tertiary/aromatic N) is 2. The highest BCUT2D eigenvalue weighted by Gasteiger charge is 2.43. The van der Waals surface area contributed by atoms with E-state index >= 15 is 0 Å². The van der Waals surface area contributed by atoms with Gasteiger partial charge in [-0.1, -0.05) is 24.3 Å². The number of piperazine rings is 1. The van der Waals surface area contributed by atoms with Crippen LogP contribution >= 0.6 is 0 Å². The number of carbonyl (C=O) groups is 3. The van der Waals surface area contributed by atoms with Crippen LogP contribution in [0.15, 0.2) is 60.2 Å². The summed E-state index contributed by atoms with van der Waals surface area (Å²) in [5.41, 5.74) is 3.14. The summed E-state index contributed by atoms with van der Waals surface area (Å²) < 4.78 is 57.8. The Morgan fingerprint density at radius 2 is 1.60 bits per heavy atom. The molecule has 1 aliphatic carbocycles. The van der Waals surface area contributed by atoms with Gasteiger partial charge in [-0.2, -0.15) is 4.39 Å². The van der Waals surface area contributed by atoms with Crippen molar-refractivity contribution in [2.45, 2.75) is 83.5 Å². The number of hydrogen-bond donors (Lipinski definition) is 2. The molecule has 2 amide bonds. The maximum absolute atomic E-state index is 14.9. The van der Waals surface area contributed by atoms with Gasteiger partial charge < -0.3 is 34.4 Å². The minimum absolute atomic E-state index is 0.0168. The molecule has 1 saturated heterocycles. The maximum atomic E-state index is 14.9. The van der Waals surface area contributed by atoms with Gasteiger partial charge in [0.25, 0.3) is 5.91 Å². The zero-order valence-corrected chi connectivity index (χ0v) is 31.6. The number of carboxylic acids is 1. The van der Waals surface area contributed by atoms with E-state index in [1.165, 1.54) is 0 Å². The number of fused-ring (bicyclic) bond motifs is 2. The SMILES string of the molecule is COc1cc(CN(C(=O)C2=C(c3ccc(CCCOc4c(F)ccc(F)c4F)cc3)C[C@@H]3CN(C(=O)CCC(C)(C)C(=O)O)C[C@H]2N3)C2CC2)cc(OC)c1. The fourth-order valence-corrected chi connectivity index (χ4v) is 7.28. The van der Waals surface area contributed by atoms with E-state index in [0.29, 0.717) is 55.5 Å². The summed E-state index contributed by atoms with van der Waals surface area (Å²) in [5.74, 6) is -4.21. The highest BCUT2D eigenvalue weighted by atomic mass is 19.2. The van der Waals surface area contributed by atoms with Crippen LogP contribution in [0, 0.1) is 22.9 Å². The normalized spacial score (nSPS) is 18.2. The standard InChI is InChI=1S/C42H48F3N3O7/c1-42(2,41(51)52)16-15-36(49)47-23-28-20-32(27-9-7-25(8-10-27)6-5-17-55-39-34(44)14-13-33(43)38(39)45)37(35(24-47)46-28)40(50)48(29-11-12-29)22-26-18-30(53-3)21-31(19-26)54-4/h7-10,13-14,18-19,21,28-29,35,46H,5-6,11-12,15-17,20,22-24H2,1-4H3,(H,51,52)/t28-,35-/m1/s1. The summed E-state index contributed by atoms with van der Waals surface area (Å²) in [6.45, 7) is 4.23. The van der Waals surface area contributed by atoms with Crippen molar-refractivity contribution >= 4 is 23.4 Å². The molecule has 0 aromatic heterocycles. The van der Waals surface area contributed by atoms with Crippen LogP contribution < -0.4 is 19.5 Å². The Bertz CT molecular complexity index is 1920. The largest absolute Gasteiger partial charge is 0.497 e. The van der Waals surface area contributed by atoms with E-state index in [-0.39, 0.29) is 49.9 Å². The number of aryl methyl sites for hydroxylation is 1. The number of halogens is 3. The van der Waals surface area contributed by atoms with Gasteiger partial charge in [0.05, 0.1) is 32.3 Å². The first kappa shape index (κ1) is 39.6. The molecule has 3 aromatic rings. The topological polar surface area (TPSA) is 118 Å². The minimum atomic E-state index is -1.35. The van der Waals surface area contributed by atoms with Crippen molar-refractivity contribution in [1.29, 1.82) is 0 Å². The monoisotopic (exact) mass is 763 g/mol. The van der Waals surface area contributed by atoms with Crippen molar-refractivity contribution in [3.63, 3.8) is 0 Å². The average Bonchev–Trinajstić information content (AvgIpc) is 4.02. The van der Waals surface area contributed by atoms with Gasteiger partial charge in [-0.3, -0.25) is 14.4 Å². The van der Waals surface area contributed by atoms with Crippen molar-refractivity contribution in [3.8, 4) is 17.2 Å². The molecule has 294 valence electrons. The quantitative estimate of drug-likeness (QED) is 0.125. The van der Waals surface area contributed by atoms with Crippen LogP contribution in [-0.2, 0) is 27.3 Å². The van der Waals surface area contributed by atoms with Crippen LogP contribution in [0.2, 0.25) is 0 Å². The first-order chi connectivity index (χ1) is 26.3. The van der Waals surface area contributed by atoms with Crippen molar-refractivity contribution in [2.75, 3.05) is 33.9 Å². The molecule has 0 radical (unpaired) electrons. The fraction of sp³-hybridized carbons (Fsp3) is 0.452. The lowest BCUT2D eigenvalue weighted by Gasteiger charge is -2.45. The summed E-state index contributed by atoms with van der Waals surface area (Å²) in [6, 6.07) is 14.4. The third kappa shape index (κ3) is 9.26. The summed E-state index contributed by atoms with van der Waals surface area (Å²) in [4.78, 5) is 43.8. The van der Waals surface area contributed by atoms with Crippen molar-refractivity contribution in [2.24, 2.45) is 5.41 Å². The first-order valence-electron chi connectivity index (χ1n) is 18.7. The Kier molecular flexibility index (Phi) is 12.1. The molecule has 2 bridgehead atoms. The van der Waals surface area contributed by atoms with Crippen molar-refractivity contribution in [3.05, 3.63) is 94.3 Å². The second-order valence-electron chi connectivity index (χ2n) is 15.2. The lowest BCUT2D eigenvalue weighted by atomic mass is 9.82. The number of carboxylic acid groups (broad SMARTS) is 1. The van der Waals surface area contributed by atoms with Gasteiger partial charge in [0.1, 0.15) is 11.5 Å². The van der Waals surface area contributed by atoms with Crippen LogP contribution in [0.1, 0.15) is 69.1 Å². The van der Waals surface area contributed by atoms with Gasteiger partial charge >= 0.3 is 5.97 Å². The number of amides is 2. The predicted molar refractivity (Wildman–Crippen MR) is 199 cm³/mol. The molecule has 0 spiro atoms. The molecule has 2 heterocycles. The Labute approximate surface area is 319 Å². The first-order valence-corrected chi connectivity index (χ1v) is 18.7. The van der Waals surface area contributed by atoms with Gasteiger partial charge in [-0.15, -0.1) is 0 Å². The average molecular weight is 764 g/mol. The zero-order valence-electron chi connectivity index (χ0n) is 31.6. The lowest BCUT2D eigenvalue weighted by molar-refractivity contribution is -0.148. The van der Waals surface area contributed by atoms with Gasteiger partial charge in [-0.05, 0) is 98.9 Å². The Hall–Kier alpha value is -5.04. The van der Waals surface area contributed by atoms with Gasteiger partial charge in [0.15, 0.2) is 17.4 Å². The highest BCUT2D eigenvalue weighted by Crippen LogP contribution is 2.38.